The van der Waals surface area contributed by atoms with Crippen LogP contribution in [0.1, 0.15) is 55.5 Å². The molecule has 4 bridgehead atoms. The van der Waals surface area contributed by atoms with Crippen LogP contribution in [-0.2, 0) is 23.2 Å². The van der Waals surface area contributed by atoms with E-state index < -0.39 is 0 Å². The van der Waals surface area contributed by atoms with E-state index in [1.165, 1.54) is 30.5 Å². The number of nitrogens with zero attached hydrogens (tertiary/aromatic N) is 4. The van der Waals surface area contributed by atoms with Crippen molar-refractivity contribution < 1.29 is 19.4 Å². The Morgan fingerprint density at radius 1 is 1.14 bits per heavy atom. The van der Waals surface area contributed by atoms with E-state index in [1.54, 1.807) is 18.5 Å². The molecule has 5 heterocycles. The maximum atomic E-state index is 13.5. The molecular formula is C28H32N4O4. The van der Waals surface area contributed by atoms with Crippen LogP contribution in [0.2, 0.25) is 0 Å². The number of hydrogen-bond acceptors (Lipinski definition) is 7. The summed E-state index contributed by atoms with van der Waals surface area (Å²) < 4.78 is 12.5. The highest BCUT2D eigenvalue weighted by atomic mass is 16.6. The minimum Gasteiger partial charge on any atom is -0.504 e. The Hall–Kier alpha value is -2.87. The minimum atomic E-state index is -0.312. The van der Waals surface area contributed by atoms with E-state index in [0.717, 1.165) is 44.6 Å². The molecule has 2 spiro atoms. The SMILES string of the molecule is O=C(OCc1ncccn1)N1CC[C@@]23CC[C@@H]1[C@@H]1Oc4c(O)ccc5c4[C@@]12CCN(CC1CC1)[C@@H]3C5. The van der Waals surface area contributed by atoms with Gasteiger partial charge in [0.1, 0.15) is 6.10 Å². The van der Waals surface area contributed by atoms with Gasteiger partial charge in [-0.2, -0.15) is 0 Å². The van der Waals surface area contributed by atoms with Gasteiger partial charge in [0, 0.05) is 47.9 Å². The summed E-state index contributed by atoms with van der Waals surface area (Å²) in [6.45, 7) is 3.01. The van der Waals surface area contributed by atoms with E-state index in [1.807, 2.05) is 11.0 Å². The maximum Gasteiger partial charge on any atom is 0.410 e. The Morgan fingerprint density at radius 3 is 2.83 bits per heavy atom. The third-order valence-electron chi connectivity index (χ3n) is 10.4. The van der Waals surface area contributed by atoms with Crippen molar-refractivity contribution in [3.8, 4) is 11.5 Å². The largest absolute Gasteiger partial charge is 0.504 e. The number of benzene rings is 1. The van der Waals surface area contributed by atoms with Crippen LogP contribution in [0.3, 0.4) is 0 Å². The second kappa shape index (κ2) is 7.34. The fraction of sp³-hybridized carbons (Fsp3) is 0.607. The van der Waals surface area contributed by atoms with Crippen molar-refractivity contribution in [3.63, 3.8) is 0 Å². The summed E-state index contributed by atoms with van der Waals surface area (Å²) in [4.78, 5) is 26.6. The lowest BCUT2D eigenvalue weighted by atomic mass is 9.42. The van der Waals surface area contributed by atoms with Crippen molar-refractivity contribution in [3.05, 3.63) is 47.5 Å². The summed E-state index contributed by atoms with van der Waals surface area (Å²) in [5.74, 6) is 2.26. The van der Waals surface area contributed by atoms with Crippen LogP contribution in [0.5, 0.6) is 11.5 Å². The molecule has 3 aliphatic carbocycles. The van der Waals surface area contributed by atoms with Gasteiger partial charge < -0.3 is 19.5 Å². The molecule has 0 radical (unpaired) electrons. The van der Waals surface area contributed by atoms with E-state index in [4.69, 9.17) is 9.47 Å². The zero-order valence-electron chi connectivity index (χ0n) is 20.4. The summed E-state index contributed by atoms with van der Waals surface area (Å²) in [7, 11) is 0. The van der Waals surface area contributed by atoms with Crippen LogP contribution >= 0.6 is 0 Å². The van der Waals surface area contributed by atoms with Crippen LogP contribution in [-0.4, -0.2) is 68.8 Å². The van der Waals surface area contributed by atoms with E-state index >= 15 is 0 Å². The molecule has 8 heteroatoms. The van der Waals surface area contributed by atoms with Gasteiger partial charge in [-0.15, -0.1) is 0 Å². The third kappa shape index (κ3) is 2.66. The molecular weight excluding hydrogens is 456 g/mol. The first-order chi connectivity index (χ1) is 17.6. The zero-order valence-corrected chi connectivity index (χ0v) is 20.4. The van der Waals surface area contributed by atoms with Crippen molar-refractivity contribution in [1.29, 1.82) is 0 Å². The smallest absolute Gasteiger partial charge is 0.410 e. The first-order valence-corrected chi connectivity index (χ1v) is 13.6. The van der Waals surface area contributed by atoms with Gasteiger partial charge >= 0.3 is 6.09 Å². The fourth-order valence-electron chi connectivity index (χ4n) is 8.83. The van der Waals surface area contributed by atoms with Gasteiger partial charge in [-0.05, 0) is 75.1 Å². The Bertz CT molecular complexity index is 1240. The molecule has 1 amide bonds. The Kier molecular flexibility index (Phi) is 4.33. The number of fused-ring (bicyclic) bond motifs is 3. The standard InChI is InChI=1S/C28H32N4O4/c33-20-5-4-18-14-21-27-7-6-19(32(13-8-27)26(34)35-16-22-29-10-1-11-30-22)25-28(27,23(18)24(20)36-25)9-12-31(21)15-17-2-3-17/h1,4-5,10-11,17,19,21,25,33H,2-3,6-9,12-16H2/t19-,21-,25+,27-,28+/m1/s1. The first-order valence-electron chi connectivity index (χ1n) is 13.6. The number of phenols is 1. The van der Waals surface area contributed by atoms with Crippen molar-refractivity contribution in [1.82, 2.24) is 19.8 Å². The van der Waals surface area contributed by atoms with Crippen molar-refractivity contribution in [2.45, 2.75) is 75.2 Å². The predicted octanol–water partition coefficient (Wildman–Crippen LogP) is 3.41. The van der Waals surface area contributed by atoms with Crippen LogP contribution < -0.4 is 4.74 Å². The van der Waals surface area contributed by atoms with Gasteiger partial charge in [0.2, 0.25) is 0 Å². The van der Waals surface area contributed by atoms with E-state index in [2.05, 4.69) is 20.9 Å². The minimum absolute atomic E-state index is 0.0465. The number of likely N-dealkylation sites (tertiary alicyclic amines) is 1. The van der Waals surface area contributed by atoms with Crippen molar-refractivity contribution in [2.24, 2.45) is 11.3 Å². The van der Waals surface area contributed by atoms with Gasteiger partial charge in [0.05, 0.1) is 6.04 Å². The molecule has 3 saturated heterocycles. The number of ether oxygens (including phenoxy) is 2. The Balaban J connectivity index is 1.20. The lowest BCUT2D eigenvalue weighted by Crippen LogP contribution is -2.72. The van der Waals surface area contributed by atoms with Crippen molar-refractivity contribution >= 4 is 6.09 Å². The number of carbonyl (C=O) groups excluding carboxylic acids is 1. The molecule has 5 atom stereocenters. The van der Waals surface area contributed by atoms with Crippen molar-refractivity contribution in [2.75, 3.05) is 19.6 Å². The normalized spacial score (nSPS) is 35.7. The monoisotopic (exact) mass is 488 g/mol. The topological polar surface area (TPSA) is 88.0 Å². The number of aromatic hydroxyl groups is 1. The number of aromatic nitrogens is 2. The molecule has 2 saturated carbocycles. The lowest BCUT2D eigenvalue weighted by molar-refractivity contribution is -0.129. The highest BCUT2D eigenvalue weighted by Crippen LogP contribution is 2.71. The summed E-state index contributed by atoms with van der Waals surface area (Å²) in [6.07, 6.45) is 10.5. The number of amides is 1. The first kappa shape index (κ1) is 21.2. The van der Waals surface area contributed by atoms with Crippen LogP contribution in [0.25, 0.3) is 0 Å². The summed E-state index contributed by atoms with van der Waals surface area (Å²) in [5, 5.41) is 10.9. The highest BCUT2D eigenvalue weighted by molar-refractivity contribution is 5.70. The molecule has 1 aromatic carbocycles. The summed E-state index contributed by atoms with van der Waals surface area (Å²) in [6, 6.07) is 6.08. The molecule has 2 aromatic rings. The molecule has 7 aliphatic rings. The Morgan fingerprint density at radius 2 is 2.00 bits per heavy atom. The molecule has 36 heavy (non-hydrogen) atoms. The second-order valence-electron chi connectivity index (χ2n) is 11.8. The van der Waals surface area contributed by atoms with Gasteiger partial charge in [-0.3, -0.25) is 4.90 Å². The summed E-state index contributed by atoms with van der Waals surface area (Å²) >= 11 is 0. The van der Waals surface area contributed by atoms with Crippen LogP contribution in [0.4, 0.5) is 4.79 Å². The van der Waals surface area contributed by atoms with Gasteiger partial charge in [0.15, 0.2) is 23.9 Å². The number of phenolic OH excluding ortho intramolecular Hbond substituents is 1. The van der Waals surface area contributed by atoms with E-state index in [9.17, 15) is 9.90 Å². The lowest BCUT2D eigenvalue weighted by Gasteiger charge is -2.65. The number of carbonyl (C=O) groups is 1. The quantitative estimate of drug-likeness (QED) is 0.706. The fourth-order valence-corrected chi connectivity index (χ4v) is 8.83. The molecule has 5 fully saturated rings. The van der Waals surface area contributed by atoms with Crippen LogP contribution in [0.15, 0.2) is 30.6 Å². The molecule has 4 aliphatic heterocycles. The number of hydrogen-bond donors (Lipinski definition) is 1. The summed E-state index contributed by atoms with van der Waals surface area (Å²) in [5.41, 5.74) is 2.49. The predicted molar refractivity (Wildman–Crippen MR) is 130 cm³/mol. The zero-order chi connectivity index (χ0) is 24.1. The molecule has 1 N–H and O–H groups in total. The molecule has 8 nitrogen and oxygen atoms in total. The molecule has 9 rings (SSSR count). The average Bonchev–Trinajstić information content (AvgIpc) is 3.69. The van der Waals surface area contributed by atoms with Crippen LogP contribution in [0, 0.1) is 11.3 Å². The molecule has 0 unspecified atom stereocenters. The molecule has 188 valence electrons. The van der Waals surface area contributed by atoms with Gasteiger partial charge in [-0.1, -0.05) is 6.07 Å². The molecule has 1 aromatic heterocycles. The maximum absolute atomic E-state index is 13.5. The third-order valence-corrected chi connectivity index (χ3v) is 10.4. The Labute approximate surface area is 210 Å². The number of rotatable bonds is 4. The van der Waals surface area contributed by atoms with Gasteiger partial charge in [-0.25, -0.2) is 14.8 Å². The van der Waals surface area contributed by atoms with E-state index in [0.29, 0.717) is 24.2 Å². The average molecular weight is 489 g/mol. The van der Waals surface area contributed by atoms with Gasteiger partial charge in [0.25, 0.3) is 0 Å². The second-order valence-corrected chi connectivity index (χ2v) is 11.8. The number of piperidine rings is 1. The van der Waals surface area contributed by atoms with E-state index in [-0.39, 0.29) is 41.4 Å². The highest BCUT2D eigenvalue weighted by Gasteiger charge is 2.74.